The van der Waals surface area contributed by atoms with Gasteiger partial charge in [-0.2, -0.15) is 5.26 Å². The van der Waals surface area contributed by atoms with E-state index in [2.05, 4.69) is 5.32 Å². The van der Waals surface area contributed by atoms with Crippen molar-refractivity contribution >= 4 is 29.3 Å². The molecular formula is C23H16ClFN2O2. The molecule has 6 heteroatoms. The fraction of sp³-hybridized carbons (Fsp3) is 0.0435. The molecule has 0 aromatic heterocycles. The first-order valence-corrected chi connectivity index (χ1v) is 9.08. The molecule has 0 aliphatic heterocycles. The lowest BCUT2D eigenvalue weighted by molar-refractivity contribution is -0.112. The van der Waals surface area contributed by atoms with Gasteiger partial charge in [0.15, 0.2) is 0 Å². The molecule has 1 N–H and O–H groups in total. The number of hydrogen-bond donors (Lipinski definition) is 1. The average molecular weight is 407 g/mol. The van der Waals surface area contributed by atoms with Crippen molar-refractivity contribution in [2.45, 2.75) is 6.61 Å². The summed E-state index contributed by atoms with van der Waals surface area (Å²) in [7, 11) is 0. The van der Waals surface area contributed by atoms with Crippen molar-refractivity contribution < 1.29 is 13.9 Å². The first-order chi connectivity index (χ1) is 14.1. The Morgan fingerprint density at radius 2 is 1.86 bits per heavy atom. The van der Waals surface area contributed by atoms with Crippen LogP contribution in [0, 0.1) is 17.1 Å². The molecule has 0 fully saturated rings. The fourth-order valence-corrected chi connectivity index (χ4v) is 2.73. The van der Waals surface area contributed by atoms with Gasteiger partial charge in [-0.05, 0) is 42.0 Å². The fourth-order valence-electron chi connectivity index (χ4n) is 2.54. The van der Waals surface area contributed by atoms with Crippen LogP contribution in [0.3, 0.4) is 0 Å². The number of halogens is 2. The molecule has 0 saturated heterocycles. The molecule has 0 unspecified atom stereocenters. The highest BCUT2D eigenvalue weighted by atomic mass is 35.5. The maximum atomic E-state index is 13.7. The number of ether oxygens (including phenoxy) is 1. The molecule has 0 aliphatic rings. The summed E-state index contributed by atoms with van der Waals surface area (Å²) in [4.78, 5) is 12.3. The van der Waals surface area contributed by atoms with E-state index in [4.69, 9.17) is 16.3 Å². The highest BCUT2D eigenvalue weighted by Crippen LogP contribution is 2.21. The number of amides is 1. The van der Waals surface area contributed by atoms with E-state index in [1.165, 1.54) is 24.3 Å². The molecule has 0 aliphatic carbocycles. The number of nitrogens with one attached hydrogen (secondary N) is 1. The first-order valence-electron chi connectivity index (χ1n) is 8.71. The molecule has 3 aromatic carbocycles. The van der Waals surface area contributed by atoms with Crippen molar-refractivity contribution in [2.24, 2.45) is 0 Å². The van der Waals surface area contributed by atoms with E-state index in [1.807, 2.05) is 24.3 Å². The molecule has 29 heavy (non-hydrogen) atoms. The number of carbonyl (C=O) groups excluding carboxylic acids is 1. The maximum absolute atomic E-state index is 13.7. The van der Waals surface area contributed by atoms with Crippen molar-refractivity contribution in [3.05, 3.63) is 100 Å². The van der Waals surface area contributed by atoms with Crippen molar-refractivity contribution in [3.8, 4) is 11.8 Å². The zero-order valence-electron chi connectivity index (χ0n) is 15.2. The Bertz CT molecular complexity index is 1110. The number of anilines is 1. The van der Waals surface area contributed by atoms with E-state index in [1.54, 1.807) is 36.4 Å². The van der Waals surface area contributed by atoms with Gasteiger partial charge < -0.3 is 10.1 Å². The quantitative estimate of drug-likeness (QED) is 0.428. The zero-order valence-corrected chi connectivity index (χ0v) is 16.0. The number of rotatable bonds is 6. The van der Waals surface area contributed by atoms with Crippen LogP contribution in [0.15, 0.2) is 78.4 Å². The Morgan fingerprint density at radius 1 is 1.10 bits per heavy atom. The summed E-state index contributed by atoms with van der Waals surface area (Å²) in [6.45, 7) is 0.283. The lowest BCUT2D eigenvalue weighted by Gasteiger charge is -2.09. The van der Waals surface area contributed by atoms with E-state index in [0.717, 1.165) is 5.56 Å². The summed E-state index contributed by atoms with van der Waals surface area (Å²) in [5.41, 5.74) is 1.30. The van der Waals surface area contributed by atoms with Crippen LogP contribution < -0.4 is 10.1 Å². The normalized spacial score (nSPS) is 10.9. The van der Waals surface area contributed by atoms with Crippen molar-refractivity contribution in [2.75, 3.05) is 5.32 Å². The lowest BCUT2D eigenvalue weighted by atomic mass is 10.1. The molecule has 0 bridgehead atoms. The third-order valence-electron chi connectivity index (χ3n) is 4.01. The van der Waals surface area contributed by atoms with Crippen LogP contribution in [-0.4, -0.2) is 5.91 Å². The molecule has 0 radical (unpaired) electrons. The molecule has 4 nitrogen and oxygen atoms in total. The van der Waals surface area contributed by atoms with Crippen LogP contribution in [0.1, 0.15) is 11.1 Å². The minimum Gasteiger partial charge on any atom is -0.489 e. The van der Waals surface area contributed by atoms with E-state index in [9.17, 15) is 14.4 Å². The summed E-state index contributed by atoms with van der Waals surface area (Å²) < 4.78 is 19.5. The molecule has 0 spiro atoms. The number of para-hydroxylation sites is 1. The molecule has 3 rings (SSSR count). The lowest BCUT2D eigenvalue weighted by Crippen LogP contribution is -2.14. The maximum Gasteiger partial charge on any atom is 0.266 e. The van der Waals surface area contributed by atoms with Crippen LogP contribution in [-0.2, 0) is 11.4 Å². The van der Waals surface area contributed by atoms with Crippen molar-refractivity contribution in [1.29, 1.82) is 5.26 Å². The van der Waals surface area contributed by atoms with Gasteiger partial charge in [0.05, 0.1) is 5.69 Å². The number of benzene rings is 3. The van der Waals surface area contributed by atoms with E-state index >= 15 is 0 Å². The van der Waals surface area contributed by atoms with Gasteiger partial charge in [-0.25, -0.2) is 4.39 Å². The van der Waals surface area contributed by atoms with Crippen LogP contribution in [0.5, 0.6) is 5.75 Å². The van der Waals surface area contributed by atoms with Gasteiger partial charge >= 0.3 is 0 Å². The van der Waals surface area contributed by atoms with Gasteiger partial charge in [0.1, 0.15) is 29.8 Å². The van der Waals surface area contributed by atoms with Gasteiger partial charge in [0, 0.05) is 10.6 Å². The Morgan fingerprint density at radius 3 is 2.62 bits per heavy atom. The van der Waals surface area contributed by atoms with Gasteiger partial charge in [0.2, 0.25) is 0 Å². The number of nitrogens with zero attached hydrogens (tertiary/aromatic N) is 1. The minimum atomic E-state index is -0.694. The number of nitriles is 1. The zero-order chi connectivity index (χ0) is 20.6. The Hall–Kier alpha value is -3.62. The predicted molar refractivity (Wildman–Crippen MR) is 111 cm³/mol. The largest absolute Gasteiger partial charge is 0.489 e. The Kier molecular flexibility index (Phi) is 6.62. The number of hydrogen-bond acceptors (Lipinski definition) is 3. The molecule has 0 heterocycles. The predicted octanol–water partition coefficient (Wildman–Crippen LogP) is 5.60. The van der Waals surface area contributed by atoms with Gasteiger partial charge in [-0.3, -0.25) is 4.79 Å². The summed E-state index contributed by atoms with van der Waals surface area (Å²) in [6, 6.07) is 21.9. The van der Waals surface area contributed by atoms with E-state index < -0.39 is 11.7 Å². The minimum absolute atomic E-state index is 0.00970. The SMILES string of the molecule is N#C/C(=C\c1cccc(OCc2ccccc2Cl)c1)C(=O)Nc1ccccc1F. The second-order valence-electron chi connectivity index (χ2n) is 6.06. The number of carbonyl (C=O) groups is 1. The standard InChI is InChI=1S/C23H16ClFN2O2/c24-20-9-2-1-7-17(20)15-29-19-8-5-6-16(13-19)12-18(14-26)23(28)27-22-11-4-3-10-21(22)25/h1-13H,15H2,(H,27,28)/b18-12+. The van der Waals surface area contributed by atoms with Crippen molar-refractivity contribution in [3.63, 3.8) is 0 Å². The summed E-state index contributed by atoms with van der Waals surface area (Å²) >= 11 is 6.13. The molecule has 144 valence electrons. The van der Waals surface area contributed by atoms with E-state index in [-0.39, 0.29) is 17.9 Å². The van der Waals surface area contributed by atoms with E-state index in [0.29, 0.717) is 16.3 Å². The molecule has 0 atom stereocenters. The average Bonchev–Trinajstić information content (AvgIpc) is 2.73. The van der Waals surface area contributed by atoms with Gasteiger partial charge in [0.25, 0.3) is 5.91 Å². The Labute approximate surface area is 172 Å². The van der Waals surface area contributed by atoms with Gasteiger partial charge in [-0.1, -0.05) is 54.1 Å². The Balaban J connectivity index is 1.73. The first kappa shape index (κ1) is 20.1. The molecular weight excluding hydrogens is 391 g/mol. The summed E-state index contributed by atoms with van der Waals surface area (Å²) in [6.07, 6.45) is 1.42. The highest BCUT2D eigenvalue weighted by molar-refractivity contribution is 6.31. The smallest absolute Gasteiger partial charge is 0.266 e. The third kappa shape index (κ3) is 5.44. The molecule has 3 aromatic rings. The summed E-state index contributed by atoms with van der Waals surface area (Å²) in [5, 5.41) is 12.3. The highest BCUT2D eigenvalue weighted by Gasteiger charge is 2.12. The van der Waals surface area contributed by atoms with Crippen molar-refractivity contribution in [1.82, 2.24) is 0 Å². The van der Waals surface area contributed by atoms with Crippen LogP contribution in [0.2, 0.25) is 5.02 Å². The third-order valence-corrected chi connectivity index (χ3v) is 4.38. The van der Waals surface area contributed by atoms with Crippen LogP contribution in [0.25, 0.3) is 6.08 Å². The molecule has 1 amide bonds. The van der Waals surface area contributed by atoms with Crippen LogP contribution in [0.4, 0.5) is 10.1 Å². The monoisotopic (exact) mass is 406 g/mol. The second-order valence-corrected chi connectivity index (χ2v) is 6.46. The summed E-state index contributed by atoms with van der Waals surface area (Å²) in [5.74, 6) is -0.710. The second kappa shape index (κ2) is 9.54. The molecule has 0 saturated carbocycles. The van der Waals surface area contributed by atoms with Crippen LogP contribution >= 0.6 is 11.6 Å². The topological polar surface area (TPSA) is 62.1 Å². The van der Waals surface area contributed by atoms with Gasteiger partial charge in [-0.15, -0.1) is 0 Å².